The van der Waals surface area contributed by atoms with Crippen molar-refractivity contribution in [3.05, 3.63) is 5.82 Å². The van der Waals surface area contributed by atoms with Crippen molar-refractivity contribution in [1.82, 2.24) is 25.3 Å². The number of hydrogen-bond donors (Lipinski definition) is 3. The third kappa shape index (κ3) is 3.01. The molecule has 1 aromatic heterocycles. The van der Waals surface area contributed by atoms with Crippen molar-refractivity contribution < 1.29 is 13.5 Å². The van der Waals surface area contributed by atoms with Crippen LogP contribution in [0, 0.1) is 0 Å². The second kappa shape index (κ2) is 4.44. The van der Waals surface area contributed by atoms with E-state index in [1.807, 2.05) is 0 Å². The lowest BCUT2D eigenvalue weighted by Gasteiger charge is -2.09. The molecule has 3 N–H and O–H groups in total. The lowest BCUT2D eigenvalue weighted by molar-refractivity contribution is 0.319. The van der Waals surface area contributed by atoms with Gasteiger partial charge in [-0.3, -0.25) is 0 Å². The predicted octanol–water partition coefficient (Wildman–Crippen LogP) is -1.83. The summed E-state index contributed by atoms with van der Waals surface area (Å²) in [7, 11) is -3.48. The van der Waals surface area contributed by atoms with E-state index < -0.39 is 22.7 Å². The quantitative estimate of drug-likeness (QED) is 0.538. The van der Waals surface area contributed by atoms with Gasteiger partial charge in [-0.25, -0.2) is 13.1 Å². The minimum atomic E-state index is -3.48. The highest BCUT2D eigenvalue weighted by atomic mass is 32.2. The van der Waals surface area contributed by atoms with Gasteiger partial charge in [0.05, 0.1) is 18.4 Å². The van der Waals surface area contributed by atoms with E-state index in [0.29, 0.717) is 0 Å². The monoisotopic (exact) mass is 221 g/mol. The first-order valence-corrected chi connectivity index (χ1v) is 5.54. The zero-order chi connectivity index (χ0) is 10.6. The molecule has 0 saturated heterocycles. The molecule has 0 saturated carbocycles. The molecule has 80 valence electrons. The van der Waals surface area contributed by atoms with E-state index in [4.69, 9.17) is 5.11 Å². The zero-order valence-electron chi connectivity index (χ0n) is 7.51. The number of aromatic amines is 1. The van der Waals surface area contributed by atoms with Crippen molar-refractivity contribution in [2.75, 3.05) is 12.4 Å². The molecule has 1 rings (SSSR count). The van der Waals surface area contributed by atoms with Crippen molar-refractivity contribution in [2.24, 2.45) is 0 Å². The molecule has 1 unspecified atom stereocenters. The van der Waals surface area contributed by atoms with Gasteiger partial charge >= 0.3 is 0 Å². The highest BCUT2D eigenvalue weighted by Crippen LogP contribution is 2.04. The van der Waals surface area contributed by atoms with Crippen LogP contribution in [0.3, 0.4) is 0 Å². The Balaban J connectivity index is 2.61. The number of aromatic nitrogens is 4. The zero-order valence-corrected chi connectivity index (χ0v) is 8.32. The Morgan fingerprint density at radius 2 is 2.36 bits per heavy atom. The molecule has 0 aliphatic carbocycles. The smallest absolute Gasteiger partial charge is 0.214 e. The minimum absolute atomic E-state index is 0.256. The van der Waals surface area contributed by atoms with Gasteiger partial charge in [0.1, 0.15) is 0 Å². The molecule has 9 heteroatoms. The number of rotatable bonds is 5. The van der Waals surface area contributed by atoms with Crippen molar-refractivity contribution >= 4 is 10.0 Å². The molecule has 0 radical (unpaired) electrons. The van der Waals surface area contributed by atoms with Gasteiger partial charge in [0, 0.05) is 0 Å². The topological polar surface area (TPSA) is 121 Å². The van der Waals surface area contributed by atoms with Crippen LogP contribution in [0.5, 0.6) is 0 Å². The Bertz CT molecular complexity index is 361. The molecule has 1 atom stereocenters. The number of aliphatic hydroxyl groups excluding tert-OH is 1. The van der Waals surface area contributed by atoms with Gasteiger partial charge in [0.15, 0.2) is 5.82 Å². The maximum absolute atomic E-state index is 11.2. The Labute approximate surface area is 80.8 Å². The summed E-state index contributed by atoms with van der Waals surface area (Å²) in [5.74, 6) is -0.0821. The molecule has 8 nitrogen and oxygen atoms in total. The molecule has 1 aromatic rings. The number of nitrogens with zero attached hydrogens (tertiary/aromatic N) is 3. The first-order valence-electron chi connectivity index (χ1n) is 3.89. The van der Waals surface area contributed by atoms with Gasteiger partial charge in [-0.2, -0.15) is 5.21 Å². The molecule has 0 aliphatic heterocycles. The van der Waals surface area contributed by atoms with Crippen molar-refractivity contribution in [3.63, 3.8) is 0 Å². The average Bonchev–Trinajstić information content (AvgIpc) is 2.53. The summed E-state index contributed by atoms with van der Waals surface area (Å²) in [4.78, 5) is 0. The second-order valence-electron chi connectivity index (χ2n) is 2.65. The number of nitrogens with one attached hydrogen (secondary N) is 2. The highest BCUT2D eigenvalue weighted by molar-refractivity contribution is 7.89. The van der Waals surface area contributed by atoms with Crippen LogP contribution in [0.15, 0.2) is 0 Å². The van der Waals surface area contributed by atoms with E-state index in [-0.39, 0.29) is 11.6 Å². The summed E-state index contributed by atoms with van der Waals surface area (Å²) < 4.78 is 24.6. The highest BCUT2D eigenvalue weighted by Gasteiger charge is 2.17. The summed E-state index contributed by atoms with van der Waals surface area (Å²) >= 11 is 0. The van der Waals surface area contributed by atoms with Crippen LogP contribution >= 0.6 is 0 Å². The lowest BCUT2D eigenvalue weighted by Crippen LogP contribution is -2.30. The van der Waals surface area contributed by atoms with Crippen molar-refractivity contribution in [1.29, 1.82) is 0 Å². The Kier molecular flexibility index (Phi) is 3.49. The van der Waals surface area contributed by atoms with Crippen molar-refractivity contribution in [2.45, 2.75) is 13.0 Å². The maximum Gasteiger partial charge on any atom is 0.214 e. The molecule has 0 amide bonds. The molecule has 0 aromatic carbocycles. The molecule has 1 heterocycles. The van der Waals surface area contributed by atoms with Crippen LogP contribution in [0.1, 0.15) is 18.8 Å². The molecular weight excluding hydrogens is 210 g/mol. The Morgan fingerprint density at radius 3 is 2.86 bits per heavy atom. The van der Waals surface area contributed by atoms with Gasteiger partial charge < -0.3 is 5.11 Å². The first kappa shape index (κ1) is 11.0. The number of hydrogen-bond acceptors (Lipinski definition) is 6. The number of sulfonamides is 1. The van der Waals surface area contributed by atoms with E-state index in [1.54, 1.807) is 6.92 Å². The van der Waals surface area contributed by atoms with Crippen LogP contribution in [0.4, 0.5) is 0 Å². The third-order valence-corrected chi connectivity index (χ3v) is 2.90. The Morgan fingerprint density at radius 1 is 1.64 bits per heavy atom. The summed E-state index contributed by atoms with van der Waals surface area (Å²) in [6.07, 6.45) is 0. The standard InChI is InChI=1S/C5H11N5O3S/c1-4(5-6-9-10-7-5)8-14(12,13)3-2-11/h4,8,11H,2-3H2,1H3,(H,6,7,9,10). The maximum atomic E-state index is 11.2. The summed E-state index contributed by atoms with van der Waals surface area (Å²) in [6, 6.07) is -0.565. The van der Waals surface area contributed by atoms with Gasteiger partial charge in [-0.15, -0.1) is 10.2 Å². The molecule has 0 aliphatic rings. The van der Waals surface area contributed by atoms with E-state index in [9.17, 15) is 8.42 Å². The van der Waals surface area contributed by atoms with Gasteiger partial charge in [0.25, 0.3) is 0 Å². The molecule has 14 heavy (non-hydrogen) atoms. The molecular formula is C5H11N5O3S. The normalized spacial score (nSPS) is 14.1. The SMILES string of the molecule is CC(NS(=O)(=O)CCO)c1nn[nH]n1. The van der Waals surface area contributed by atoms with Crippen molar-refractivity contribution in [3.8, 4) is 0 Å². The molecule has 0 spiro atoms. The number of H-pyrrole nitrogens is 1. The van der Waals surface area contributed by atoms with Gasteiger partial charge in [-0.05, 0) is 6.92 Å². The molecule has 0 fully saturated rings. The molecule has 0 bridgehead atoms. The predicted molar refractivity (Wildman–Crippen MR) is 46.6 cm³/mol. The van der Waals surface area contributed by atoms with E-state index >= 15 is 0 Å². The van der Waals surface area contributed by atoms with E-state index in [0.717, 1.165) is 0 Å². The Hall–Kier alpha value is -1.06. The van der Waals surface area contributed by atoms with Crippen LogP contribution in [-0.4, -0.2) is 46.5 Å². The van der Waals surface area contributed by atoms with Gasteiger partial charge in [-0.1, -0.05) is 5.21 Å². The largest absolute Gasteiger partial charge is 0.395 e. The number of tetrazole rings is 1. The van der Waals surface area contributed by atoms with E-state index in [1.165, 1.54) is 0 Å². The summed E-state index contributed by atoms with van der Waals surface area (Å²) in [5, 5.41) is 21.2. The second-order valence-corrected chi connectivity index (χ2v) is 4.53. The fourth-order valence-electron chi connectivity index (χ4n) is 0.854. The van der Waals surface area contributed by atoms with Crippen LogP contribution in [0.25, 0.3) is 0 Å². The summed E-state index contributed by atoms with van der Waals surface area (Å²) in [6.45, 7) is 1.16. The third-order valence-electron chi connectivity index (χ3n) is 1.47. The van der Waals surface area contributed by atoms with E-state index in [2.05, 4.69) is 25.3 Å². The lowest BCUT2D eigenvalue weighted by atomic mass is 10.4. The van der Waals surface area contributed by atoms with Crippen LogP contribution in [0.2, 0.25) is 0 Å². The van der Waals surface area contributed by atoms with Crippen LogP contribution in [-0.2, 0) is 10.0 Å². The summed E-state index contributed by atoms with van der Waals surface area (Å²) in [5.41, 5.74) is 0. The fourth-order valence-corrected chi connectivity index (χ4v) is 1.86. The minimum Gasteiger partial charge on any atom is -0.395 e. The van der Waals surface area contributed by atoms with Crippen LogP contribution < -0.4 is 4.72 Å². The first-order chi connectivity index (χ1) is 6.55. The number of aliphatic hydroxyl groups is 1. The van der Waals surface area contributed by atoms with Gasteiger partial charge in [0.2, 0.25) is 10.0 Å². The average molecular weight is 221 g/mol. The fraction of sp³-hybridized carbons (Fsp3) is 0.800.